The molecule has 0 saturated carbocycles. The summed E-state index contributed by atoms with van der Waals surface area (Å²) in [5, 5.41) is 11.2. The summed E-state index contributed by atoms with van der Waals surface area (Å²) in [6.45, 7) is 6.62. The first kappa shape index (κ1) is 29.0. The van der Waals surface area contributed by atoms with Crippen molar-refractivity contribution in [2.75, 3.05) is 20.2 Å². The summed E-state index contributed by atoms with van der Waals surface area (Å²) in [4.78, 5) is 45.1. The van der Waals surface area contributed by atoms with Crippen LogP contribution in [0.5, 0.6) is 5.75 Å². The van der Waals surface area contributed by atoms with Gasteiger partial charge in [-0.2, -0.15) is 0 Å². The zero-order valence-electron chi connectivity index (χ0n) is 23.3. The number of nitro benzene ring substituents is 1. The average molecular weight is 607 g/mol. The van der Waals surface area contributed by atoms with Gasteiger partial charge in [-0.25, -0.2) is 4.99 Å². The number of ether oxygens (including phenoxy) is 1. The highest BCUT2D eigenvalue weighted by atomic mass is 35.5. The number of non-ortho nitro benzene ring substituents is 1. The van der Waals surface area contributed by atoms with Gasteiger partial charge < -0.3 is 14.1 Å². The summed E-state index contributed by atoms with van der Waals surface area (Å²) >= 11 is 7.47. The molecule has 0 saturated heterocycles. The first-order valence-electron chi connectivity index (χ1n) is 13.2. The Morgan fingerprint density at radius 3 is 2.62 bits per heavy atom. The number of nitrogens with zero attached hydrogens (tertiary/aromatic N) is 4. The van der Waals surface area contributed by atoms with E-state index in [4.69, 9.17) is 25.7 Å². The van der Waals surface area contributed by atoms with Crippen LogP contribution in [0.4, 0.5) is 5.69 Å². The maximum absolute atomic E-state index is 14.0. The molecule has 2 aromatic heterocycles. The number of thiazole rings is 1. The van der Waals surface area contributed by atoms with E-state index in [9.17, 15) is 19.7 Å². The van der Waals surface area contributed by atoms with Crippen LogP contribution < -0.4 is 19.6 Å². The Morgan fingerprint density at radius 1 is 1.21 bits per heavy atom. The van der Waals surface area contributed by atoms with Crippen molar-refractivity contribution in [3.8, 4) is 17.1 Å². The second-order valence-corrected chi connectivity index (χ2v) is 10.8. The number of aromatic nitrogens is 1. The fourth-order valence-corrected chi connectivity index (χ4v) is 6.28. The second-order valence-electron chi connectivity index (χ2n) is 9.42. The number of hydrogen-bond acceptors (Lipinski definition) is 8. The molecule has 42 heavy (non-hydrogen) atoms. The Labute approximate surface area is 249 Å². The number of rotatable bonds is 8. The zero-order chi connectivity index (χ0) is 30.1. The van der Waals surface area contributed by atoms with Crippen molar-refractivity contribution in [3.63, 3.8) is 0 Å². The first-order valence-corrected chi connectivity index (χ1v) is 14.4. The van der Waals surface area contributed by atoms with E-state index in [1.54, 1.807) is 43.2 Å². The number of benzene rings is 2. The van der Waals surface area contributed by atoms with Gasteiger partial charge in [0, 0.05) is 42.4 Å². The third-order valence-corrected chi connectivity index (χ3v) is 8.36. The Hall–Kier alpha value is -4.48. The van der Waals surface area contributed by atoms with Gasteiger partial charge in [0.2, 0.25) is 0 Å². The van der Waals surface area contributed by atoms with Crippen LogP contribution in [0.2, 0.25) is 5.02 Å². The number of halogens is 1. The number of nitro groups is 1. The summed E-state index contributed by atoms with van der Waals surface area (Å²) in [5.41, 5.74) is 1.63. The number of allylic oxidation sites excluding steroid dienone is 1. The molecule has 2 aromatic carbocycles. The largest absolute Gasteiger partial charge is 0.496 e. The Balaban J connectivity index is 1.64. The molecular weight excluding hydrogens is 580 g/mol. The van der Waals surface area contributed by atoms with E-state index in [1.807, 2.05) is 32.0 Å². The molecule has 0 unspecified atom stereocenters. The molecule has 12 heteroatoms. The molecule has 0 fully saturated rings. The van der Waals surface area contributed by atoms with Crippen molar-refractivity contribution < 1.29 is 18.9 Å². The minimum absolute atomic E-state index is 0.129. The molecular formula is C30H27ClN4O6S. The number of likely N-dealkylation sites (N-methyl/N-ethyl adjacent to an activating group) is 1. The molecule has 1 atom stereocenters. The molecule has 4 aromatic rings. The van der Waals surface area contributed by atoms with Crippen molar-refractivity contribution in [3.05, 3.63) is 112 Å². The van der Waals surface area contributed by atoms with E-state index in [0.717, 1.165) is 0 Å². The summed E-state index contributed by atoms with van der Waals surface area (Å²) < 4.78 is 13.5. The molecule has 1 amide bonds. The number of methoxy groups -OCH3 is 1. The number of fused-ring (bicyclic) bond motifs is 1. The molecule has 1 aliphatic rings. The summed E-state index contributed by atoms with van der Waals surface area (Å²) in [6.07, 6.45) is 1.61. The molecule has 0 spiro atoms. The number of carbonyl (C=O) groups is 1. The highest BCUT2D eigenvalue weighted by Gasteiger charge is 2.35. The van der Waals surface area contributed by atoms with Crippen molar-refractivity contribution >= 4 is 40.6 Å². The lowest BCUT2D eigenvalue weighted by Crippen LogP contribution is -2.43. The fraction of sp³-hybridized carbons (Fsp3) is 0.233. The summed E-state index contributed by atoms with van der Waals surface area (Å²) in [6, 6.07) is 14.1. The number of hydrogen-bond donors (Lipinski definition) is 0. The maximum Gasteiger partial charge on any atom is 0.271 e. The van der Waals surface area contributed by atoms with Gasteiger partial charge in [0.15, 0.2) is 4.80 Å². The lowest BCUT2D eigenvalue weighted by atomic mass is 9.94. The maximum atomic E-state index is 14.0. The first-order chi connectivity index (χ1) is 20.2. The number of furan rings is 1. The predicted molar refractivity (Wildman–Crippen MR) is 160 cm³/mol. The van der Waals surface area contributed by atoms with Crippen molar-refractivity contribution in [1.82, 2.24) is 9.47 Å². The third-order valence-electron chi connectivity index (χ3n) is 7.07. The van der Waals surface area contributed by atoms with Gasteiger partial charge in [0.05, 0.1) is 32.9 Å². The number of carbonyl (C=O) groups excluding carboxylic acids is 1. The van der Waals surface area contributed by atoms with Crippen LogP contribution in [0.3, 0.4) is 0 Å². The van der Waals surface area contributed by atoms with Gasteiger partial charge >= 0.3 is 0 Å². The van der Waals surface area contributed by atoms with Gasteiger partial charge in [0.1, 0.15) is 23.3 Å². The third kappa shape index (κ3) is 5.17. The van der Waals surface area contributed by atoms with Crippen LogP contribution in [-0.4, -0.2) is 40.5 Å². The van der Waals surface area contributed by atoms with E-state index in [-0.39, 0.29) is 22.2 Å². The quantitative estimate of drug-likeness (QED) is 0.207. The standard InChI is InChI=1S/C30H27ClN4O6S/c1-5-33(6-2)29(37)26-17(3)32-30-34(27(26)21-9-7-8-10-23(21)40-4)28(36)25(42-30)16-19-12-14-24(41-19)20-13-11-18(35(38)39)15-22(20)31/h7-16,27H,5-6H2,1-4H3/b25-16+/t27-/m0/s1. The molecule has 0 bridgehead atoms. The number of para-hydroxylation sites is 1. The van der Waals surface area contributed by atoms with Gasteiger partial charge in [0.25, 0.3) is 17.2 Å². The van der Waals surface area contributed by atoms with Gasteiger partial charge in [-0.15, -0.1) is 0 Å². The lowest BCUT2D eigenvalue weighted by molar-refractivity contribution is -0.384. The Kier molecular flexibility index (Phi) is 8.15. The van der Waals surface area contributed by atoms with Crippen LogP contribution in [0.1, 0.15) is 38.1 Å². The van der Waals surface area contributed by atoms with E-state index in [0.29, 0.717) is 62.1 Å². The summed E-state index contributed by atoms with van der Waals surface area (Å²) in [5.74, 6) is 1.13. The Morgan fingerprint density at radius 2 is 1.95 bits per heavy atom. The molecule has 0 aliphatic carbocycles. The zero-order valence-corrected chi connectivity index (χ0v) is 24.9. The minimum atomic E-state index is -0.751. The van der Waals surface area contributed by atoms with E-state index in [2.05, 4.69) is 0 Å². The van der Waals surface area contributed by atoms with E-state index in [1.165, 1.54) is 34.1 Å². The topological polar surface area (TPSA) is 120 Å². The predicted octanol–water partition coefficient (Wildman–Crippen LogP) is 4.93. The highest BCUT2D eigenvalue weighted by molar-refractivity contribution is 7.07. The normalized spacial score (nSPS) is 14.9. The molecule has 10 nitrogen and oxygen atoms in total. The molecule has 3 heterocycles. The smallest absolute Gasteiger partial charge is 0.271 e. The average Bonchev–Trinajstić information content (AvgIpc) is 3.56. The summed E-state index contributed by atoms with van der Waals surface area (Å²) in [7, 11) is 1.55. The second kappa shape index (κ2) is 11.8. The molecule has 216 valence electrons. The van der Waals surface area contributed by atoms with E-state index >= 15 is 0 Å². The molecule has 0 radical (unpaired) electrons. The van der Waals surface area contributed by atoms with Crippen LogP contribution in [0.25, 0.3) is 17.4 Å². The minimum Gasteiger partial charge on any atom is -0.496 e. The van der Waals surface area contributed by atoms with Gasteiger partial charge in [-0.1, -0.05) is 41.1 Å². The van der Waals surface area contributed by atoms with Crippen molar-refractivity contribution in [1.29, 1.82) is 0 Å². The van der Waals surface area contributed by atoms with Gasteiger partial charge in [-0.05, 0) is 45.0 Å². The Bertz CT molecular complexity index is 1920. The fourth-order valence-electron chi connectivity index (χ4n) is 4.98. The molecule has 1 aliphatic heterocycles. The molecule has 5 rings (SSSR count). The van der Waals surface area contributed by atoms with Crippen LogP contribution in [0.15, 0.2) is 80.1 Å². The van der Waals surface area contributed by atoms with Crippen LogP contribution in [0, 0.1) is 10.1 Å². The van der Waals surface area contributed by atoms with Crippen LogP contribution in [-0.2, 0) is 4.79 Å². The van der Waals surface area contributed by atoms with E-state index < -0.39 is 11.0 Å². The SMILES string of the molecule is CCN(CC)C(=O)C1=C(C)N=c2s/c(=C/c3ccc(-c4ccc([N+](=O)[O-])cc4Cl)o3)c(=O)n2[C@H]1c1ccccc1OC. The molecule has 0 N–H and O–H groups in total. The van der Waals surface area contributed by atoms with Crippen molar-refractivity contribution in [2.45, 2.75) is 26.8 Å². The lowest BCUT2D eigenvalue weighted by Gasteiger charge is -2.29. The van der Waals surface area contributed by atoms with Crippen LogP contribution >= 0.6 is 22.9 Å². The number of amides is 1. The monoisotopic (exact) mass is 606 g/mol. The highest BCUT2D eigenvalue weighted by Crippen LogP contribution is 2.36. The van der Waals surface area contributed by atoms with Crippen molar-refractivity contribution in [2.24, 2.45) is 4.99 Å². The van der Waals surface area contributed by atoms with Gasteiger partial charge in [-0.3, -0.25) is 24.3 Å².